The largest absolute Gasteiger partial charge is 0.396 e. The van der Waals surface area contributed by atoms with E-state index in [1.165, 1.54) is 22.3 Å². The van der Waals surface area contributed by atoms with Gasteiger partial charge >= 0.3 is 0 Å². The van der Waals surface area contributed by atoms with Crippen molar-refractivity contribution in [1.82, 2.24) is 9.97 Å². The first-order valence-electron chi connectivity index (χ1n) is 13.7. The average molecular weight is 536 g/mol. The Balaban J connectivity index is 0.000000165. The Hall–Kier alpha value is -5.42. The van der Waals surface area contributed by atoms with E-state index in [4.69, 9.17) is 5.73 Å². The van der Waals surface area contributed by atoms with Crippen molar-refractivity contribution in [3.63, 3.8) is 0 Å². The predicted octanol–water partition coefficient (Wildman–Crippen LogP) is 9.13. The van der Waals surface area contributed by atoms with Crippen molar-refractivity contribution in [3.8, 4) is 22.3 Å². The molecule has 41 heavy (non-hydrogen) atoms. The van der Waals surface area contributed by atoms with Gasteiger partial charge in [-0.1, -0.05) is 97.9 Å². The standard InChI is InChI=1S/C19H18N2.C17H15N3/c1-2-15-11-7-13-20-19(15)21-18-12-6-10-17(14-18)16-8-4-3-5-9-16;18-16-10-5-11-19-17(16)20-15-9-4-8-14(12-15)13-6-2-1-3-7-13/h3-14H,2H2,1H3,(H,20,21);1-12H,18H2,(H,19,20). The number of hydrogen-bond acceptors (Lipinski definition) is 5. The zero-order chi connectivity index (χ0) is 28.3. The summed E-state index contributed by atoms with van der Waals surface area (Å²) in [6.45, 7) is 2.14. The smallest absolute Gasteiger partial charge is 0.153 e. The lowest BCUT2D eigenvalue weighted by Crippen LogP contribution is -1.98. The highest BCUT2D eigenvalue weighted by Crippen LogP contribution is 2.27. The molecule has 0 atom stereocenters. The van der Waals surface area contributed by atoms with Crippen LogP contribution in [0, 0.1) is 0 Å². The minimum Gasteiger partial charge on any atom is -0.396 e. The van der Waals surface area contributed by atoms with Crippen LogP contribution >= 0.6 is 0 Å². The molecule has 5 heteroatoms. The van der Waals surface area contributed by atoms with E-state index in [2.05, 4.69) is 106 Å². The van der Waals surface area contributed by atoms with Crippen LogP contribution in [0.4, 0.5) is 28.7 Å². The van der Waals surface area contributed by atoms with E-state index in [1.807, 2.05) is 60.8 Å². The van der Waals surface area contributed by atoms with E-state index in [9.17, 15) is 0 Å². The van der Waals surface area contributed by atoms with Gasteiger partial charge in [0.2, 0.25) is 0 Å². The van der Waals surface area contributed by atoms with Crippen molar-refractivity contribution in [3.05, 3.63) is 151 Å². The van der Waals surface area contributed by atoms with Crippen molar-refractivity contribution in [2.24, 2.45) is 0 Å². The number of nitrogens with one attached hydrogen (secondary N) is 2. The van der Waals surface area contributed by atoms with Crippen LogP contribution in [0.2, 0.25) is 0 Å². The number of nitrogen functional groups attached to an aromatic ring is 1. The highest BCUT2D eigenvalue weighted by molar-refractivity contribution is 5.74. The molecule has 2 heterocycles. The highest BCUT2D eigenvalue weighted by atomic mass is 15.0. The zero-order valence-corrected chi connectivity index (χ0v) is 23.0. The van der Waals surface area contributed by atoms with E-state index in [-0.39, 0.29) is 0 Å². The summed E-state index contributed by atoms with van der Waals surface area (Å²) in [5.41, 5.74) is 14.5. The van der Waals surface area contributed by atoms with Gasteiger partial charge in [-0.25, -0.2) is 9.97 Å². The molecule has 0 radical (unpaired) electrons. The van der Waals surface area contributed by atoms with Crippen LogP contribution < -0.4 is 16.4 Å². The maximum Gasteiger partial charge on any atom is 0.153 e. The van der Waals surface area contributed by atoms with Crippen LogP contribution in [-0.4, -0.2) is 9.97 Å². The molecule has 5 nitrogen and oxygen atoms in total. The quantitative estimate of drug-likeness (QED) is 0.190. The number of aryl methyl sites for hydroxylation is 1. The maximum absolute atomic E-state index is 5.89. The summed E-state index contributed by atoms with van der Waals surface area (Å²) in [6, 6.07) is 45.0. The fraction of sp³-hybridized carbons (Fsp3) is 0.0556. The summed E-state index contributed by atoms with van der Waals surface area (Å²) in [5, 5.41) is 6.67. The lowest BCUT2D eigenvalue weighted by molar-refractivity contribution is 1.11. The number of pyridine rings is 2. The third-order valence-corrected chi connectivity index (χ3v) is 6.58. The number of nitrogens with two attached hydrogens (primary N) is 1. The van der Waals surface area contributed by atoms with E-state index in [0.29, 0.717) is 11.5 Å². The summed E-state index contributed by atoms with van der Waals surface area (Å²) in [5.74, 6) is 1.61. The van der Waals surface area contributed by atoms with E-state index >= 15 is 0 Å². The average Bonchev–Trinajstić information content (AvgIpc) is 3.04. The molecule has 0 aliphatic rings. The molecule has 0 bridgehead atoms. The topological polar surface area (TPSA) is 75.9 Å². The van der Waals surface area contributed by atoms with E-state index in [1.54, 1.807) is 6.20 Å². The van der Waals surface area contributed by atoms with Gasteiger partial charge in [0.05, 0.1) is 5.69 Å². The molecule has 4 aromatic carbocycles. The van der Waals surface area contributed by atoms with Gasteiger partial charge in [0.15, 0.2) is 5.82 Å². The third-order valence-electron chi connectivity index (χ3n) is 6.58. The first kappa shape index (κ1) is 27.2. The third kappa shape index (κ3) is 7.37. The fourth-order valence-corrected chi connectivity index (χ4v) is 4.45. The highest BCUT2D eigenvalue weighted by Gasteiger charge is 2.04. The van der Waals surface area contributed by atoms with Crippen LogP contribution in [0.5, 0.6) is 0 Å². The number of benzene rings is 4. The summed E-state index contributed by atoms with van der Waals surface area (Å²) in [6.07, 6.45) is 4.51. The van der Waals surface area contributed by atoms with Crippen molar-refractivity contribution < 1.29 is 0 Å². The Morgan fingerprint density at radius 2 is 1.00 bits per heavy atom. The fourth-order valence-electron chi connectivity index (χ4n) is 4.45. The lowest BCUT2D eigenvalue weighted by Gasteiger charge is -2.11. The molecule has 202 valence electrons. The van der Waals surface area contributed by atoms with Crippen molar-refractivity contribution in [1.29, 1.82) is 0 Å². The Kier molecular flexibility index (Phi) is 9.00. The summed E-state index contributed by atoms with van der Waals surface area (Å²) < 4.78 is 0. The van der Waals surface area contributed by atoms with Crippen LogP contribution in [-0.2, 0) is 6.42 Å². The Bertz CT molecular complexity index is 1680. The van der Waals surface area contributed by atoms with Crippen molar-refractivity contribution in [2.75, 3.05) is 16.4 Å². The molecular formula is C36H33N5. The van der Waals surface area contributed by atoms with Crippen molar-refractivity contribution in [2.45, 2.75) is 13.3 Å². The van der Waals surface area contributed by atoms with Crippen LogP contribution in [0.25, 0.3) is 22.3 Å². The number of nitrogens with zero attached hydrogens (tertiary/aromatic N) is 2. The predicted molar refractivity (Wildman–Crippen MR) is 173 cm³/mol. The number of aromatic nitrogens is 2. The first-order valence-corrected chi connectivity index (χ1v) is 13.7. The summed E-state index contributed by atoms with van der Waals surface area (Å²) in [4.78, 5) is 8.68. The Morgan fingerprint density at radius 3 is 1.54 bits per heavy atom. The molecule has 0 amide bonds. The molecule has 6 rings (SSSR count). The van der Waals surface area contributed by atoms with Crippen LogP contribution in [0.3, 0.4) is 0 Å². The maximum atomic E-state index is 5.89. The minimum absolute atomic E-state index is 0.637. The van der Waals surface area contributed by atoms with Crippen molar-refractivity contribution >= 4 is 28.7 Å². The van der Waals surface area contributed by atoms with Crippen LogP contribution in [0.15, 0.2) is 146 Å². The molecule has 2 aromatic heterocycles. The Morgan fingerprint density at radius 1 is 0.512 bits per heavy atom. The van der Waals surface area contributed by atoms with Gasteiger partial charge < -0.3 is 16.4 Å². The molecule has 0 saturated carbocycles. The molecule has 0 unspecified atom stereocenters. The number of anilines is 5. The Labute approximate surface area is 241 Å². The molecule has 4 N–H and O–H groups in total. The molecular weight excluding hydrogens is 502 g/mol. The van der Waals surface area contributed by atoms with Gasteiger partial charge in [-0.2, -0.15) is 0 Å². The van der Waals surface area contributed by atoms with Gasteiger partial charge in [-0.3, -0.25) is 0 Å². The SMILES string of the molecule is CCc1cccnc1Nc1cccc(-c2ccccc2)c1.Nc1cccnc1Nc1cccc(-c2ccccc2)c1. The minimum atomic E-state index is 0.637. The van der Waals surface area contributed by atoms with Crippen LogP contribution in [0.1, 0.15) is 12.5 Å². The van der Waals surface area contributed by atoms with Gasteiger partial charge in [-0.15, -0.1) is 0 Å². The normalized spacial score (nSPS) is 10.3. The summed E-state index contributed by atoms with van der Waals surface area (Å²) in [7, 11) is 0. The molecule has 0 fully saturated rings. The summed E-state index contributed by atoms with van der Waals surface area (Å²) >= 11 is 0. The number of rotatable bonds is 7. The van der Waals surface area contributed by atoms with Gasteiger partial charge in [0.1, 0.15) is 5.82 Å². The van der Waals surface area contributed by atoms with E-state index in [0.717, 1.165) is 29.2 Å². The molecule has 0 saturated heterocycles. The second-order valence-electron chi connectivity index (χ2n) is 9.45. The van der Waals surface area contributed by atoms with Gasteiger partial charge in [0, 0.05) is 23.8 Å². The monoisotopic (exact) mass is 535 g/mol. The second kappa shape index (κ2) is 13.6. The second-order valence-corrected chi connectivity index (χ2v) is 9.45. The van der Waals surface area contributed by atoms with E-state index < -0.39 is 0 Å². The molecule has 0 aliphatic heterocycles. The molecule has 0 spiro atoms. The first-order chi connectivity index (χ1) is 20.2. The zero-order valence-electron chi connectivity index (χ0n) is 23.0. The van der Waals surface area contributed by atoms with Gasteiger partial charge in [0.25, 0.3) is 0 Å². The number of hydrogen-bond donors (Lipinski definition) is 3. The van der Waals surface area contributed by atoms with Gasteiger partial charge in [-0.05, 0) is 76.7 Å². The molecule has 0 aliphatic carbocycles. The lowest BCUT2D eigenvalue weighted by atomic mass is 10.1. The molecule has 6 aromatic rings.